The Morgan fingerprint density at radius 1 is 1.28 bits per heavy atom. The molecule has 2 N–H and O–H groups in total. The second-order valence-electron chi connectivity index (χ2n) is 6.09. The van der Waals surface area contributed by atoms with E-state index in [4.69, 9.17) is 4.74 Å². The van der Waals surface area contributed by atoms with Crippen LogP contribution in [0.25, 0.3) is 0 Å². The van der Waals surface area contributed by atoms with Gasteiger partial charge < -0.3 is 20.3 Å². The first-order valence-electron chi connectivity index (χ1n) is 8.51. The van der Waals surface area contributed by atoms with Gasteiger partial charge in [0.15, 0.2) is 0 Å². The van der Waals surface area contributed by atoms with Crippen LogP contribution in [0.15, 0.2) is 30.3 Å². The molecule has 25 heavy (non-hydrogen) atoms. The fraction of sp³-hybridized carbons (Fsp3) is 0.556. The number of hydrogen-bond acceptors (Lipinski definition) is 4. The number of likely N-dealkylation sites (tertiary alicyclic amines) is 1. The molecule has 1 atom stereocenters. The van der Waals surface area contributed by atoms with Crippen molar-refractivity contribution in [3.05, 3.63) is 35.9 Å². The lowest BCUT2D eigenvalue weighted by Gasteiger charge is -2.33. The third kappa shape index (κ3) is 7.42. The van der Waals surface area contributed by atoms with Gasteiger partial charge in [-0.05, 0) is 30.9 Å². The molecule has 0 saturated carbocycles. The topological polar surface area (TPSA) is 70.7 Å². The summed E-state index contributed by atoms with van der Waals surface area (Å²) in [6.07, 6.45) is 2.02. The van der Waals surface area contributed by atoms with Gasteiger partial charge in [0.05, 0.1) is 13.2 Å². The fourth-order valence-electron chi connectivity index (χ4n) is 2.87. The van der Waals surface area contributed by atoms with Crippen LogP contribution in [-0.2, 0) is 9.53 Å². The summed E-state index contributed by atoms with van der Waals surface area (Å²) in [5.41, 5.74) is 0.670. The first-order chi connectivity index (χ1) is 11.7. The summed E-state index contributed by atoms with van der Waals surface area (Å²) >= 11 is 0. The number of rotatable bonds is 8. The first kappa shape index (κ1) is 21.4. The monoisotopic (exact) mass is 369 g/mol. The molecular formula is C18H28ClN3O3. The third-order valence-corrected chi connectivity index (χ3v) is 4.22. The summed E-state index contributed by atoms with van der Waals surface area (Å²) in [5.74, 6) is 0.375. The molecule has 1 saturated heterocycles. The zero-order valence-corrected chi connectivity index (χ0v) is 15.5. The molecule has 1 heterocycles. The molecule has 1 aromatic carbocycles. The number of nitrogens with one attached hydrogen (secondary N) is 2. The number of amides is 2. The Morgan fingerprint density at radius 2 is 2.04 bits per heavy atom. The van der Waals surface area contributed by atoms with Crippen LogP contribution in [-0.4, -0.2) is 63.2 Å². The molecule has 1 aliphatic heterocycles. The van der Waals surface area contributed by atoms with E-state index in [-0.39, 0.29) is 24.2 Å². The normalized spacial score (nSPS) is 16.8. The van der Waals surface area contributed by atoms with Gasteiger partial charge in [0.1, 0.15) is 0 Å². The van der Waals surface area contributed by atoms with Crippen molar-refractivity contribution in [2.24, 2.45) is 5.92 Å². The van der Waals surface area contributed by atoms with E-state index in [1.807, 2.05) is 23.1 Å². The maximum atomic E-state index is 12.2. The highest BCUT2D eigenvalue weighted by Crippen LogP contribution is 2.16. The average Bonchev–Trinajstić information content (AvgIpc) is 2.64. The molecule has 6 nitrogen and oxygen atoms in total. The zero-order valence-electron chi connectivity index (χ0n) is 14.7. The van der Waals surface area contributed by atoms with E-state index in [0.29, 0.717) is 44.3 Å². The van der Waals surface area contributed by atoms with Gasteiger partial charge >= 0.3 is 0 Å². The Hall–Kier alpha value is -1.63. The lowest BCUT2D eigenvalue weighted by atomic mass is 9.97. The minimum atomic E-state index is -0.0553. The number of carbonyl (C=O) groups is 2. The molecule has 1 aromatic rings. The van der Waals surface area contributed by atoms with Gasteiger partial charge in [-0.25, -0.2) is 0 Å². The van der Waals surface area contributed by atoms with E-state index >= 15 is 0 Å². The summed E-state index contributed by atoms with van der Waals surface area (Å²) in [5, 5.41) is 6.06. The Labute approximate surface area is 155 Å². The van der Waals surface area contributed by atoms with Crippen molar-refractivity contribution in [1.29, 1.82) is 0 Å². The van der Waals surface area contributed by atoms with E-state index in [1.54, 1.807) is 19.2 Å². The van der Waals surface area contributed by atoms with Crippen LogP contribution in [0.4, 0.5) is 0 Å². The van der Waals surface area contributed by atoms with Gasteiger partial charge in [-0.3, -0.25) is 9.59 Å². The first-order valence-corrected chi connectivity index (χ1v) is 8.51. The highest BCUT2D eigenvalue weighted by Gasteiger charge is 2.23. The molecule has 0 bridgehead atoms. The van der Waals surface area contributed by atoms with Gasteiger partial charge in [0, 0.05) is 38.9 Å². The molecule has 0 aromatic heterocycles. The Bertz CT molecular complexity index is 528. The van der Waals surface area contributed by atoms with Gasteiger partial charge in [-0.15, -0.1) is 12.4 Å². The van der Waals surface area contributed by atoms with Crippen molar-refractivity contribution in [1.82, 2.24) is 15.5 Å². The molecule has 140 valence electrons. The van der Waals surface area contributed by atoms with Crippen LogP contribution in [0.2, 0.25) is 0 Å². The zero-order chi connectivity index (χ0) is 17.2. The molecular weight excluding hydrogens is 342 g/mol. The number of benzene rings is 1. The van der Waals surface area contributed by atoms with E-state index in [0.717, 1.165) is 19.4 Å². The van der Waals surface area contributed by atoms with Crippen LogP contribution < -0.4 is 10.6 Å². The van der Waals surface area contributed by atoms with E-state index in [2.05, 4.69) is 10.6 Å². The molecule has 1 unspecified atom stereocenters. The van der Waals surface area contributed by atoms with Crippen molar-refractivity contribution < 1.29 is 14.3 Å². The fourth-order valence-corrected chi connectivity index (χ4v) is 2.87. The molecule has 0 aliphatic carbocycles. The second-order valence-corrected chi connectivity index (χ2v) is 6.09. The third-order valence-electron chi connectivity index (χ3n) is 4.22. The minimum absolute atomic E-state index is 0. The number of ether oxygens (including phenoxy) is 1. The highest BCUT2D eigenvalue weighted by atomic mass is 35.5. The van der Waals surface area contributed by atoms with Gasteiger partial charge in [0.2, 0.25) is 5.91 Å². The van der Waals surface area contributed by atoms with Gasteiger partial charge in [-0.1, -0.05) is 18.2 Å². The van der Waals surface area contributed by atoms with Crippen LogP contribution in [0.3, 0.4) is 0 Å². The predicted molar refractivity (Wildman–Crippen MR) is 100 cm³/mol. The van der Waals surface area contributed by atoms with Crippen LogP contribution in [0.5, 0.6) is 0 Å². The van der Waals surface area contributed by atoms with Gasteiger partial charge in [0.25, 0.3) is 5.91 Å². The van der Waals surface area contributed by atoms with Crippen molar-refractivity contribution in [2.45, 2.75) is 12.8 Å². The Balaban J connectivity index is 0.00000312. The quantitative estimate of drug-likeness (QED) is 0.678. The molecule has 2 rings (SSSR count). The number of methoxy groups -OCH3 is 1. The van der Waals surface area contributed by atoms with E-state index in [1.165, 1.54) is 0 Å². The standard InChI is InChI=1S/C18H27N3O3.ClH/c1-24-11-9-19-13-17(22)21-10-5-6-15(14-21)12-20-18(23)16-7-3-2-4-8-16;/h2-4,7-8,15,19H,5-6,9-14H2,1H3,(H,20,23);1H. The SMILES string of the molecule is COCCNCC(=O)N1CCCC(CNC(=O)c2ccccc2)C1.Cl. The molecule has 1 aliphatic rings. The Morgan fingerprint density at radius 3 is 2.76 bits per heavy atom. The van der Waals surface area contributed by atoms with E-state index < -0.39 is 0 Å². The molecule has 2 amide bonds. The highest BCUT2D eigenvalue weighted by molar-refractivity contribution is 5.94. The van der Waals surface area contributed by atoms with Crippen LogP contribution in [0, 0.1) is 5.92 Å². The summed E-state index contributed by atoms with van der Waals surface area (Å²) in [4.78, 5) is 26.2. The van der Waals surface area contributed by atoms with Crippen LogP contribution in [0.1, 0.15) is 23.2 Å². The molecule has 1 fully saturated rings. The number of halogens is 1. The number of piperidine rings is 1. The summed E-state index contributed by atoms with van der Waals surface area (Å²) in [7, 11) is 1.64. The maximum absolute atomic E-state index is 12.2. The average molecular weight is 370 g/mol. The number of carbonyl (C=O) groups excluding carboxylic acids is 2. The van der Waals surface area contributed by atoms with Crippen molar-refractivity contribution in [3.8, 4) is 0 Å². The summed E-state index contributed by atoms with van der Waals surface area (Å²) in [6, 6.07) is 9.20. The van der Waals surface area contributed by atoms with Crippen molar-refractivity contribution in [3.63, 3.8) is 0 Å². The van der Waals surface area contributed by atoms with Crippen molar-refractivity contribution in [2.75, 3.05) is 46.4 Å². The second kappa shape index (κ2) is 11.8. The Kier molecular flexibility index (Phi) is 10.1. The molecule has 7 heteroatoms. The molecule has 0 spiro atoms. The maximum Gasteiger partial charge on any atom is 0.251 e. The lowest BCUT2D eigenvalue weighted by molar-refractivity contribution is -0.132. The lowest BCUT2D eigenvalue weighted by Crippen LogP contribution is -2.46. The van der Waals surface area contributed by atoms with E-state index in [9.17, 15) is 9.59 Å². The minimum Gasteiger partial charge on any atom is -0.383 e. The number of nitrogens with zero attached hydrogens (tertiary/aromatic N) is 1. The largest absolute Gasteiger partial charge is 0.383 e. The molecule has 0 radical (unpaired) electrons. The number of hydrogen-bond donors (Lipinski definition) is 2. The van der Waals surface area contributed by atoms with Crippen LogP contribution >= 0.6 is 12.4 Å². The summed E-state index contributed by atoms with van der Waals surface area (Å²) < 4.78 is 4.95. The van der Waals surface area contributed by atoms with Crippen molar-refractivity contribution >= 4 is 24.2 Å². The van der Waals surface area contributed by atoms with Gasteiger partial charge in [-0.2, -0.15) is 0 Å². The smallest absolute Gasteiger partial charge is 0.251 e. The summed E-state index contributed by atoms with van der Waals surface area (Å²) in [6.45, 7) is 3.73. The predicted octanol–water partition coefficient (Wildman–Crippen LogP) is 1.31.